The first-order valence-corrected chi connectivity index (χ1v) is 8.48. The lowest BCUT2D eigenvalue weighted by molar-refractivity contribution is 0.585. The third kappa shape index (κ3) is 2.84. The molecule has 0 spiro atoms. The zero-order chi connectivity index (χ0) is 14.1. The van der Waals surface area contributed by atoms with Crippen molar-refractivity contribution in [2.45, 2.75) is 21.5 Å². The molecule has 0 bridgehead atoms. The Kier molecular flexibility index (Phi) is 4.01. The third-order valence-corrected chi connectivity index (χ3v) is 6.85. The quantitative estimate of drug-likeness (QED) is 0.582. The van der Waals surface area contributed by atoms with E-state index in [9.17, 15) is 8.42 Å². The molecule has 0 saturated carbocycles. The minimum Gasteiger partial charge on any atom is -0.222 e. The molecule has 0 aromatic heterocycles. The second-order valence-electron chi connectivity index (χ2n) is 4.73. The molecule has 2 rings (SSSR count). The van der Waals surface area contributed by atoms with Gasteiger partial charge < -0.3 is 0 Å². The van der Waals surface area contributed by atoms with Gasteiger partial charge in [0.2, 0.25) is 0 Å². The Labute approximate surface area is 127 Å². The summed E-state index contributed by atoms with van der Waals surface area (Å²) in [5, 5.41) is 0. The summed E-state index contributed by atoms with van der Waals surface area (Å²) in [7, 11) is -3.37. The largest absolute Gasteiger partial charge is 0.222 e. The Hall–Kier alpha value is -0.880. The van der Waals surface area contributed by atoms with Crippen molar-refractivity contribution < 1.29 is 8.42 Å². The van der Waals surface area contributed by atoms with Crippen molar-refractivity contribution in [2.24, 2.45) is 0 Å². The number of hydrogen-bond donors (Lipinski definition) is 0. The number of halogens is 1. The maximum absolute atomic E-state index is 12.6. The number of hydrogen-bond acceptors (Lipinski definition) is 2. The zero-order valence-electron chi connectivity index (χ0n) is 10.8. The van der Waals surface area contributed by atoms with Gasteiger partial charge in [-0.3, -0.25) is 0 Å². The summed E-state index contributed by atoms with van der Waals surface area (Å²) in [6.45, 7) is 3.43. The van der Waals surface area contributed by atoms with Crippen molar-refractivity contribution in [3.8, 4) is 11.1 Å². The summed E-state index contributed by atoms with van der Waals surface area (Å²) in [5.41, 5.74) is 1.68. The van der Waals surface area contributed by atoms with E-state index in [1.807, 2.05) is 65.1 Å². The standard InChI is InChI=1S/C15H15IO2S/c1-15(2,16)19(17,18)14-11-7-6-10-13(14)12-8-4-3-5-9-12/h3-11H,1-2H3. The SMILES string of the molecule is CC(C)(I)S(=O)(=O)c1ccccc1-c1ccccc1. The molecule has 0 radical (unpaired) electrons. The van der Waals surface area contributed by atoms with Crippen LogP contribution in [0.3, 0.4) is 0 Å². The second-order valence-corrected chi connectivity index (χ2v) is 10.6. The maximum Gasteiger partial charge on any atom is 0.193 e. The van der Waals surface area contributed by atoms with Crippen LogP contribution in [0.15, 0.2) is 59.5 Å². The van der Waals surface area contributed by atoms with Gasteiger partial charge in [-0.2, -0.15) is 0 Å². The highest BCUT2D eigenvalue weighted by molar-refractivity contribution is 14.1. The monoisotopic (exact) mass is 386 g/mol. The molecular weight excluding hydrogens is 371 g/mol. The van der Waals surface area contributed by atoms with E-state index in [0.717, 1.165) is 11.1 Å². The molecule has 0 saturated heterocycles. The lowest BCUT2D eigenvalue weighted by atomic mass is 10.1. The summed E-state index contributed by atoms with van der Waals surface area (Å²) >= 11 is 1.97. The van der Waals surface area contributed by atoms with Gasteiger partial charge in [0.25, 0.3) is 0 Å². The third-order valence-electron chi connectivity index (χ3n) is 2.90. The van der Waals surface area contributed by atoms with E-state index in [1.54, 1.807) is 26.0 Å². The van der Waals surface area contributed by atoms with Gasteiger partial charge in [-0.1, -0.05) is 71.1 Å². The molecule has 2 aromatic rings. The van der Waals surface area contributed by atoms with Crippen LogP contribution < -0.4 is 0 Å². The second kappa shape index (κ2) is 5.25. The Morgan fingerprint density at radius 2 is 1.42 bits per heavy atom. The Morgan fingerprint density at radius 3 is 2.00 bits per heavy atom. The summed E-state index contributed by atoms with van der Waals surface area (Å²) in [6.07, 6.45) is 0. The highest BCUT2D eigenvalue weighted by Gasteiger charge is 2.34. The topological polar surface area (TPSA) is 34.1 Å². The molecule has 4 heteroatoms. The average Bonchev–Trinajstić information content (AvgIpc) is 2.38. The van der Waals surface area contributed by atoms with Gasteiger partial charge in [0.15, 0.2) is 9.84 Å². The van der Waals surface area contributed by atoms with E-state index < -0.39 is 12.6 Å². The van der Waals surface area contributed by atoms with Crippen LogP contribution in [-0.2, 0) is 9.84 Å². The average molecular weight is 386 g/mol. The normalized spacial score (nSPS) is 12.4. The van der Waals surface area contributed by atoms with Crippen molar-refractivity contribution in [2.75, 3.05) is 0 Å². The molecule has 2 nitrogen and oxygen atoms in total. The molecule has 0 amide bonds. The van der Waals surface area contributed by atoms with Gasteiger partial charge in [-0.15, -0.1) is 0 Å². The highest BCUT2D eigenvalue weighted by atomic mass is 127. The first kappa shape index (κ1) is 14.5. The molecule has 0 aliphatic carbocycles. The highest BCUT2D eigenvalue weighted by Crippen LogP contribution is 2.36. The molecule has 19 heavy (non-hydrogen) atoms. The van der Waals surface area contributed by atoms with E-state index in [-0.39, 0.29) is 0 Å². The molecule has 0 fully saturated rings. The molecule has 0 unspecified atom stereocenters. The van der Waals surface area contributed by atoms with E-state index in [1.165, 1.54) is 0 Å². The van der Waals surface area contributed by atoms with Crippen LogP contribution in [0.25, 0.3) is 11.1 Å². The van der Waals surface area contributed by atoms with Gasteiger partial charge in [0.1, 0.15) is 2.75 Å². The van der Waals surface area contributed by atoms with Crippen molar-refractivity contribution >= 4 is 32.4 Å². The van der Waals surface area contributed by atoms with Crippen LogP contribution in [0.4, 0.5) is 0 Å². The fourth-order valence-electron chi connectivity index (χ4n) is 1.82. The van der Waals surface area contributed by atoms with Crippen molar-refractivity contribution in [1.29, 1.82) is 0 Å². The van der Waals surface area contributed by atoms with Gasteiger partial charge in [-0.05, 0) is 25.5 Å². The minimum atomic E-state index is -3.37. The lowest BCUT2D eigenvalue weighted by Gasteiger charge is -2.19. The Balaban J connectivity index is 2.69. The van der Waals surface area contributed by atoms with E-state index >= 15 is 0 Å². The molecule has 100 valence electrons. The molecule has 0 heterocycles. The summed E-state index contributed by atoms with van der Waals surface area (Å²) < 4.78 is 24.4. The van der Waals surface area contributed by atoms with E-state index in [2.05, 4.69) is 0 Å². The molecule has 2 aromatic carbocycles. The van der Waals surface area contributed by atoms with Crippen LogP contribution in [0.2, 0.25) is 0 Å². The number of alkyl halides is 1. The number of benzene rings is 2. The van der Waals surface area contributed by atoms with E-state index in [4.69, 9.17) is 0 Å². The predicted molar refractivity (Wildman–Crippen MR) is 87.2 cm³/mol. The van der Waals surface area contributed by atoms with Gasteiger partial charge in [0, 0.05) is 5.56 Å². The molecular formula is C15H15IO2S. The van der Waals surface area contributed by atoms with Crippen molar-refractivity contribution in [1.82, 2.24) is 0 Å². The summed E-state index contributed by atoms with van der Waals surface area (Å²) in [5.74, 6) is 0. The van der Waals surface area contributed by atoms with Crippen molar-refractivity contribution in [3.63, 3.8) is 0 Å². The molecule has 0 aliphatic heterocycles. The Bertz CT molecular complexity index is 671. The zero-order valence-corrected chi connectivity index (χ0v) is 13.8. The Morgan fingerprint density at radius 1 is 0.895 bits per heavy atom. The molecule has 0 atom stereocenters. The molecule has 0 aliphatic rings. The van der Waals surface area contributed by atoms with Gasteiger partial charge >= 0.3 is 0 Å². The fourth-order valence-corrected chi connectivity index (χ4v) is 3.79. The van der Waals surface area contributed by atoms with Gasteiger partial charge in [0.05, 0.1) is 4.90 Å². The smallest absolute Gasteiger partial charge is 0.193 e. The number of sulfone groups is 1. The minimum absolute atomic E-state index is 0.389. The van der Waals surface area contributed by atoms with Crippen LogP contribution in [0, 0.1) is 0 Å². The number of rotatable bonds is 3. The first-order chi connectivity index (χ1) is 8.84. The summed E-state index contributed by atoms with van der Waals surface area (Å²) in [6, 6.07) is 16.7. The summed E-state index contributed by atoms with van der Waals surface area (Å²) in [4.78, 5) is 0.389. The van der Waals surface area contributed by atoms with Crippen LogP contribution in [-0.4, -0.2) is 11.2 Å². The van der Waals surface area contributed by atoms with Crippen LogP contribution >= 0.6 is 22.6 Å². The fraction of sp³-hybridized carbons (Fsp3) is 0.200. The van der Waals surface area contributed by atoms with Crippen LogP contribution in [0.5, 0.6) is 0 Å². The first-order valence-electron chi connectivity index (χ1n) is 5.92. The van der Waals surface area contributed by atoms with Gasteiger partial charge in [-0.25, -0.2) is 8.42 Å². The van der Waals surface area contributed by atoms with E-state index in [0.29, 0.717) is 4.90 Å². The maximum atomic E-state index is 12.6. The van der Waals surface area contributed by atoms with Crippen molar-refractivity contribution in [3.05, 3.63) is 54.6 Å². The van der Waals surface area contributed by atoms with Crippen LogP contribution in [0.1, 0.15) is 13.8 Å². The lowest BCUT2D eigenvalue weighted by Crippen LogP contribution is -2.24. The predicted octanol–water partition coefficient (Wildman–Crippen LogP) is 4.30. The molecule has 0 N–H and O–H groups in total.